The molecule has 2 aromatic carbocycles. The van der Waals surface area contributed by atoms with Crippen LogP contribution in [-0.2, 0) is 14.8 Å². The highest BCUT2D eigenvalue weighted by molar-refractivity contribution is 7.89. The van der Waals surface area contributed by atoms with Crippen LogP contribution in [-0.4, -0.2) is 61.9 Å². The van der Waals surface area contributed by atoms with Crippen LogP contribution in [0.1, 0.15) is 5.56 Å². The molecular weight excluding hydrogens is 456 g/mol. The Kier molecular flexibility index (Phi) is 7.79. The van der Waals surface area contributed by atoms with Gasteiger partial charge in [0.05, 0.1) is 4.90 Å². The van der Waals surface area contributed by atoms with Crippen LogP contribution in [0.2, 0.25) is 5.02 Å². The molecule has 1 fully saturated rings. The van der Waals surface area contributed by atoms with Crippen molar-refractivity contribution < 1.29 is 13.2 Å². The van der Waals surface area contributed by atoms with E-state index in [-0.39, 0.29) is 10.0 Å². The fraction of sp³-hybridized carbons (Fsp3) is 0.238. The summed E-state index contributed by atoms with van der Waals surface area (Å²) in [6.45, 7) is 2.35. The number of carbonyl (C=O) groups is 1. The van der Waals surface area contributed by atoms with Gasteiger partial charge in [-0.15, -0.1) is 0 Å². The summed E-state index contributed by atoms with van der Waals surface area (Å²) in [5, 5.41) is 6.05. The Balaban J connectivity index is 1.56. The molecule has 0 radical (unpaired) electrons. The Morgan fingerprint density at radius 3 is 2.35 bits per heavy atom. The number of hydrogen-bond acceptors (Lipinski definition) is 5. The van der Waals surface area contributed by atoms with Crippen molar-refractivity contribution in [2.24, 2.45) is 0 Å². The number of carbonyl (C=O) groups excluding carboxylic acids is 1. The van der Waals surface area contributed by atoms with E-state index in [4.69, 9.17) is 23.8 Å². The molecule has 0 unspecified atom stereocenters. The highest BCUT2D eigenvalue weighted by Gasteiger charge is 2.27. The largest absolute Gasteiger partial charge is 0.332 e. The van der Waals surface area contributed by atoms with Gasteiger partial charge in [-0.05, 0) is 61.2 Å². The summed E-state index contributed by atoms with van der Waals surface area (Å²) in [5.41, 5.74) is 1.29. The van der Waals surface area contributed by atoms with Crippen LogP contribution in [0.5, 0.6) is 0 Å². The van der Waals surface area contributed by atoms with Gasteiger partial charge in [-0.2, -0.15) is 4.31 Å². The number of halogens is 1. The Morgan fingerprint density at radius 1 is 1.06 bits per heavy atom. The zero-order valence-electron chi connectivity index (χ0n) is 16.9. The first-order chi connectivity index (χ1) is 14.8. The second-order valence-electron chi connectivity index (χ2n) is 7.03. The molecule has 31 heavy (non-hydrogen) atoms. The number of amides is 1. The van der Waals surface area contributed by atoms with Crippen molar-refractivity contribution in [2.75, 3.05) is 38.5 Å². The SMILES string of the molecule is CN1CCN(S(=O)(=O)c2ccc(NC(=S)NC(=O)/C=C/c3ccccc3Cl)cc2)CC1. The lowest BCUT2D eigenvalue weighted by Gasteiger charge is -2.31. The molecule has 1 aliphatic heterocycles. The van der Waals surface area contributed by atoms with Gasteiger partial charge in [0.15, 0.2) is 5.11 Å². The van der Waals surface area contributed by atoms with Crippen molar-refractivity contribution in [3.8, 4) is 0 Å². The van der Waals surface area contributed by atoms with Crippen LogP contribution < -0.4 is 10.6 Å². The molecule has 1 amide bonds. The fourth-order valence-corrected chi connectivity index (χ4v) is 4.82. The van der Waals surface area contributed by atoms with E-state index in [9.17, 15) is 13.2 Å². The van der Waals surface area contributed by atoms with Crippen LogP contribution >= 0.6 is 23.8 Å². The zero-order valence-corrected chi connectivity index (χ0v) is 19.3. The van der Waals surface area contributed by atoms with E-state index in [1.165, 1.54) is 22.5 Å². The number of anilines is 1. The van der Waals surface area contributed by atoms with Gasteiger partial charge in [0.25, 0.3) is 0 Å². The molecular formula is C21H23ClN4O3S2. The molecule has 0 atom stereocenters. The molecule has 0 bridgehead atoms. The second-order valence-corrected chi connectivity index (χ2v) is 9.78. The van der Waals surface area contributed by atoms with E-state index >= 15 is 0 Å². The molecule has 0 aliphatic carbocycles. The number of benzene rings is 2. The van der Waals surface area contributed by atoms with Crippen molar-refractivity contribution in [3.63, 3.8) is 0 Å². The molecule has 3 rings (SSSR count). The smallest absolute Gasteiger partial charge is 0.250 e. The molecule has 1 aliphatic rings. The first-order valence-electron chi connectivity index (χ1n) is 9.59. The standard InChI is InChI=1S/C21H23ClN4O3S2/c1-25-12-14-26(15-13-25)31(28,29)18-9-7-17(8-10-18)23-21(30)24-20(27)11-6-16-4-2-3-5-19(16)22/h2-11H,12-15H2,1H3,(H2,23,24,27,30)/b11-6+. The summed E-state index contributed by atoms with van der Waals surface area (Å²) in [6, 6.07) is 13.4. The summed E-state index contributed by atoms with van der Waals surface area (Å²) in [4.78, 5) is 14.4. The average molecular weight is 479 g/mol. The number of piperazine rings is 1. The summed E-state index contributed by atoms with van der Waals surface area (Å²) in [7, 11) is -1.56. The highest BCUT2D eigenvalue weighted by atomic mass is 35.5. The zero-order chi connectivity index (χ0) is 22.4. The molecule has 1 heterocycles. The lowest BCUT2D eigenvalue weighted by molar-refractivity contribution is -0.115. The number of likely N-dealkylation sites (N-methyl/N-ethyl adjacent to an activating group) is 1. The fourth-order valence-electron chi connectivity index (χ4n) is 2.98. The normalized spacial score (nSPS) is 15.7. The van der Waals surface area contributed by atoms with Gasteiger partial charge in [-0.1, -0.05) is 29.8 Å². The minimum absolute atomic E-state index is 0.100. The van der Waals surface area contributed by atoms with Crippen LogP contribution in [0.25, 0.3) is 6.08 Å². The Hall–Kier alpha value is -2.30. The van der Waals surface area contributed by atoms with Gasteiger partial charge in [0.2, 0.25) is 15.9 Å². The van der Waals surface area contributed by atoms with Crippen LogP contribution in [0.3, 0.4) is 0 Å². The quantitative estimate of drug-likeness (QED) is 0.508. The van der Waals surface area contributed by atoms with Crippen LogP contribution in [0.15, 0.2) is 59.5 Å². The van der Waals surface area contributed by atoms with Crippen LogP contribution in [0.4, 0.5) is 5.69 Å². The maximum absolute atomic E-state index is 12.8. The number of sulfonamides is 1. The minimum Gasteiger partial charge on any atom is -0.332 e. The molecule has 0 saturated carbocycles. The maximum Gasteiger partial charge on any atom is 0.250 e. The Bertz CT molecular complexity index is 1080. The monoisotopic (exact) mass is 478 g/mol. The third-order valence-corrected chi connectivity index (χ3v) is 7.23. The van der Waals surface area contributed by atoms with E-state index in [0.29, 0.717) is 36.9 Å². The second kappa shape index (κ2) is 10.3. The Morgan fingerprint density at radius 2 is 1.71 bits per heavy atom. The topological polar surface area (TPSA) is 81.8 Å². The molecule has 164 valence electrons. The molecule has 7 nitrogen and oxygen atoms in total. The number of rotatable bonds is 5. The number of nitrogens with one attached hydrogen (secondary N) is 2. The third kappa shape index (κ3) is 6.34. The highest BCUT2D eigenvalue weighted by Crippen LogP contribution is 2.20. The van der Waals surface area contributed by atoms with E-state index in [0.717, 1.165) is 5.56 Å². The van der Waals surface area contributed by atoms with Gasteiger partial charge >= 0.3 is 0 Å². The Labute approximate surface area is 192 Å². The van der Waals surface area contributed by atoms with E-state index in [1.54, 1.807) is 36.4 Å². The first-order valence-corrected chi connectivity index (χ1v) is 11.8. The van der Waals surface area contributed by atoms with Crippen molar-refractivity contribution in [1.82, 2.24) is 14.5 Å². The molecule has 1 saturated heterocycles. The number of hydrogen-bond donors (Lipinski definition) is 2. The summed E-state index contributed by atoms with van der Waals surface area (Å²) < 4.78 is 27.0. The van der Waals surface area contributed by atoms with Crippen molar-refractivity contribution in [1.29, 1.82) is 0 Å². The van der Waals surface area contributed by atoms with E-state index in [1.807, 2.05) is 13.1 Å². The predicted molar refractivity (Wildman–Crippen MR) is 128 cm³/mol. The molecule has 0 aromatic heterocycles. The van der Waals surface area contributed by atoms with Gasteiger partial charge in [0, 0.05) is 43.0 Å². The summed E-state index contributed by atoms with van der Waals surface area (Å²) in [6.07, 6.45) is 2.93. The lowest BCUT2D eigenvalue weighted by Crippen LogP contribution is -2.46. The first kappa shape index (κ1) is 23.4. The van der Waals surface area contributed by atoms with Crippen molar-refractivity contribution >= 4 is 56.6 Å². The van der Waals surface area contributed by atoms with Crippen molar-refractivity contribution in [3.05, 3.63) is 65.2 Å². The van der Waals surface area contributed by atoms with Gasteiger partial charge in [-0.25, -0.2) is 8.42 Å². The maximum atomic E-state index is 12.8. The lowest BCUT2D eigenvalue weighted by atomic mass is 10.2. The van der Waals surface area contributed by atoms with Crippen molar-refractivity contribution in [2.45, 2.75) is 4.90 Å². The number of nitrogens with zero attached hydrogens (tertiary/aromatic N) is 2. The molecule has 2 aromatic rings. The van der Waals surface area contributed by atoms with Gasteiger partial charge < -0.3 is 10.2 Å². The molecule has 0 spiro atoms. The van der Waals surface area contributed by atoms with E-state index in [2.05, 4.69) is 15.5 Å². The molecule has 10 heteroatoms. The van der Waals surface area contributed by atoms with Gasteiger partial charge in [-0.3, -0.25) is 10.1 Å². The summed E-state index contributed by atoms with van der Waals surface area (Å²) in [5.74, 6) is -0.410. The van der Waals surface area contributed by atoms with Gasteiger partial charge in [0.1, 0.15) is 0 Å². The third-order valence-electron chi connectivity index (χ3n) is 4.77. The predicted octanol–water partition coefficient (Wildman–Crippen LogP) is 2.80. The molecule has 2 N–H and O–H groups in total. The summed E-state index contributed by atoms with van der Waals surface area (Å²) >= 11 is 11.2. The van der Waals surface area contributed by atoms with Crippen LogP contribution in [0, 0.1) is 0 Å². The van der Waals surface area contributed by atoms with E-state index < -0.39 is 15.9 Å². The average Bonchev–Trinajstić information content (AvgIpc) is 2.74. The minimum atomic E-state index is -3.53. The number of thiocarbonyl (C=S) groups is 1.